The third kappa shape index (κ3) is 4.42. The van der Waals surface area contributed by atoms with Crippen molar-refractivity contribution in [3.8, 4) is 0 Å². The molecule has 0 aliphatic heterocycles. The number of amides is 1. The first kappa shape index (κ1) is 19.1. The van der Waals surface area contributed by atoms with E-state index in [1.807, 2.05) is 0 Å². The summed E-state index contributed by atoms with van der Waals surface area (Å²) < 4.78 is 5.94. The van der Waals surface area contributed by atoms with Crippen LogP contribution in [-0.4, -0.2) is 32.7 Å². The molecule has 0 aliphatic rings. The Morgan fingerprint density at radius 2 is 2.04 bits per heavy atom. The molecule has 1 aromatic carbocycles. The Kier molecular flexibility index (Phi) is 5.68. The molecule has 2 aromatic rings. The van der Waals surface area contributed by atoms with Crippen LogP contribution in [0, 0.1) is 10.1 Å². The fraction of sp³-hybridized carbons (Fsp3) is 0.200. The molecule has 1 amide bonds. The van der Waals surface area contributed by atoms with Crippen LogP contribution in [0.4, 0.5) is 11.4 Å². The Morgan fingerprint density at radius 3 is 2.62 bits per heavy atom. The summed E-state index contributed by atoms with van der Waals surface area (Å²) in [6.45, 7) is 1.33. The Hall–Kier alpha value is -3.27. The molecule has 1 unspecified atom stereocenters. The van der Waals surface area contributed by atoms with E-state index in [-0.39, 0.29) is 22.1 Å². The summed E-state index contributed by atoms with van der Waals surface area (Å²) in [5.41, 5.74) is -0.640. The standard InChI is InChI=1S/C15H13ClN4O6/c1-8(26-15(23)12-5-6-13(21)19(2)18-12)14(22)17-11-4-3-9(20(24)25)7-10(11)16/h3-8H,1-2H3,(H,17,22). The maximum atomic E-state index is 12.1. The molecule has 0 spiro atoms. The van der Waals surface area contributed by atoms with E-state index in [4.69, 9.17) is 16.3 Å². The SMILES string of the molecule is CC(OC(=O)c1ccc(=O)n(C)n1)C(=O)Nc1ccc([N+](=O)[O-])cc1Cl. The number of hydrogen-bond acceptors (Lipinski definition) is 7. The monoisotopic (exact) mass is 380 g/mol. The van der Waals surface area contributed by atoms with Gasteiger partial charge in [-0.1, -0.05) is 11.6 Å². The van der Waals surface area contributed by atoms with Crippen LogP contribution in [0.3, 0.4) is 0 Å². The summed E-state index contributed by atoms with van der Waals surface area (Å²) in [4.78, 5) is 45.4. The molecule has 0 bridgehead atoms. The van der Waals surface area contributed by atoms with Gasteiger partial charge in [-0.2, -0.15) is 5.10 Å². The number of carbonyl (C=O) groups excluding carboxylic acids is 2. The van der Waals surface area contributed by atoms with Crippen LogP contribution in [-0.2, 0) is 16.6 Å². The number of nitro benzene ring substituents is 1. The first-order chi connectivity index (χ1) is 12.2. The molecule has 1 heterocycles. The second-order valence-electron chi connectivity index (χ2n) is 5.14. The topological polar surface area (TPSA) is 133 Å². The third-order valence-electron chi connectivity index (χ3n) is 3.24. The molecular formula is C15H13ClN4O6. The second-order valence-corrected chi connectivity index (χ2v) is 5.55. The zero-order chi connectivity index (χ0) is 19.4. The number of carbonyl (C=O) groups is 2. The lowest BCUT2D eigenvalue weighted by Gasteiger charge is -2.14. The maximum Gasteiger partial charge on any atom is 0.359 e. The molecule has 0 saturated heterocycles. The van der Waals surface area contributed by atoms with Crippen molar-refractivity contribution >= 4 is 34.9 Å². The zero-order valence-corrected chi connectivity index (χ0v) is 14.4. The van der Waals surface area contributed by atoms with Crippen molar-refractivity contribution in [3.05, 3.63) is 61.5 Å². The minimum atomic E-state index is -1.20. The number of nitrogens with one attached hydrogen (secondary N) is 1. The number of non-ortho nitro benzene ring substituents is 1. The Labute approximate surface area is 151 Å². The minimum absolute atomic E-state index is 0.0363. The summed E-state index contributed by atoms with van der Waals surface area (Å²) in [5, 5.41) is 16.8. The minimum Gasteiger partial charge on any atom is -0.448 e. The summed E-state index contributed by atoms with van der Waals surface area (Å²) in [6.07, 6.45) is -1.20. The van der Waals surface area contributed by atoms with E-state index in [1.165, 1.54) is 32.2 Å². The lowest BCUT2D eigenvalue weighted by Crippen LogP contribution is -2.31. The van der Waals surface area contributed by atoms with Crippen LogP contribution in [0.1, 0.15) is 17.4 Å². The molecule has 1 N–H and O–H groups in total. The van der Waals surface area contributed by atoms with Crippen molar-refractivity contribution in [2.45, 2.75) is 13.0 Å². The van der Waals surface area contributed by atoms with Crippen molar-refractivity contribution in [2.24, 2.45) is 7.05 Å². The molecule has 0 aliphatic carbocycles. The van der Waals surface area contributed by atoms with E-state index in [0.29, 0.717) is 0 Å². The van der Waals surface area contributed by atoms with E-state index in [9.17, 15) is 24.5 Å². The molecule has 0 saturated carbocycles. The molecule has 2 rings (SSSR count). The average Bonchev–Trinajstić information content (AvgIpc) is 2.58. The van der Waals surface area contributed by atoms with Crippen LogP contribution in [0.15, 0.2) is 35.1 Å². The van der Waals surface area contributed by atoms with Crippen molar-refractivity contribution in [3.63, 3.8) is 0 Å². The number of aromatic nitrogens is 2. The van der Waals surface area contributed by atoms with E-state index in [1.54, 1.807) is 0 Å². The van der Waals surface area contributed by atoms with Gasteiger partial charge in [0.15, 0.2) is 11.8 Å². The van der Waals surface area contributed by atoms with Gasteiger partial charge >= 0.3 is 5.97 Å². The molecule has 0 fully saturated rings. The first-order valence-corrected chi connectivity index (χ1v) is 7.57. The van der Waals surface area contributed by atoms with E-state index < -0.39 is 28.5 Å². The van der Waals surface area contributed by atoms with Gasteiger partial charge in [0.1, 0.15) is 0 Å². The number of halogens is 1. The molecular weight excluding hydrogens is 368 g/mol. The summed E-state index contributed by atoms with van der Waals surface area (Å²) >= 11 is 5.89. The number of nitro groups is 1. The fourth-order valence-corrected chi connectivity index (χ4v) is 2.06. The highest BCUT2D eigenvalue weighted by atomic mass is 35.5. The third-order valence-corrected chi connectivity index (χ3v) is 3.56. The van der Waals surface area contributed by atoms with Gasteiger partial charge in [0, 0.05) is 25.2 Å². The highest BCUT2D eigenvalue weighted by Gasteiger charge is 2.21. The first-order valence-electron chi connectivity index (χ1n) is 7.19. The van der Waals surface area contributed by atoms with Crippen LogP contribution >= 0.6 is 11.6 Å². The number of esters is 1. The highest BCUT2D eigenvalue weighted by molar-refractivity contribution is 6.34. The van der Waals surface area contributed by atoms with Gasteiger partial charge in [0.05, 0.1) is 15.6 Å². The maximum absolute atomic E-state index is 12.1. The van der Waals surface area contributed by atoms with Gasteiger partial charge in [0.25, 0.3) is 17.2 Å². The zero-order valence-electron chi connectivity index (χ0n) is 13.6. The fourth-order valence-electron chi connectivity index (χ4n) is 1.84. The van der Waals surface area contributed by atoms with Gasteiger partial charge < -0.3 is 10.1 Å². The van der Waals surface area contributed by atoms with Crippen LogP contribution in [0.25, 0.3) is 0 Å². The summed E-state index contributed by atoms with van der Waals surface area (Å²) in [7, 11) is 1.37. The van der Waals surface area contributed by atoms with Crippen LogP contribution in [0.5, 0.6) is 0 Å². The largest absolute Gasteiger partial charge is 0.448 e. The van der Waals surface area contributed by atoms with Gasteiger partial charge in [-0.05, 0) is 19.1 Å². The van der Waals surface area contributed by atoms with Gasteiger partial charge in [-0.25, -0.2) is 9.48 Å². The molecule has 1 aromatic heterocycles. The quantitative estimate of drug-likeness (QED) is 0.472. The van der Waals surface area contributed by atoms with E-state index in [0.717, 1.165) is 16.8 Å². The molecule has 11 heteroatoms. The van der Waals surface area contributed by atoms with E-state index >= 15 is 0 Å². The second kappa shape index (κ2) is 7.74. The van der Waals surface area contributed by atoms with Gasteiger partial charge in [-0.3, -0.25) is 19.7 Å². The van der Waals surface area contributed by atoms with Crippen LogP contribution < -0.4 is 10.9 Å². The molecule has 10 nitrogen and oxygen atoms in total. The number of aryl methyl sites for hydroxylation is 1. The number of ether oxygens (including phenoxy) is 1. The number of anilines is 1. The molecule has 26 heavy (non-hydrogen) atoms. The highest BCUT2D eigenvalue weighted by Crippen LogP contribution is 2.26. The van der Waals surface area contributed by atoms with Gasteiger partial charge in [-0.15, -0.1) is 0 Å². The van der Waals surface area contributed by atoms with Crippen molar-refractivity contribution < 1.29 is 19.2 Å². The number of hydrogen-bond donors (Lipinski definition) is 1. The Morgan fingerprint density at radius 1 is 1.35 bits per heavy atom. The number of nitrogens with zero attached hydrogens (tertiary/aromatic N) is 3. The molecule has 0 radical (unpaired) electrons. The van der Waals surface area contributed by atoms with Crippen molar-refractivity contribution in [1.82, 2.24) is 9.78 Å². The smallest absolute Gasteiger partial charge is 0.359 e. The predicted octanol–water partition coefficient (Wildman–Crippen LogP) is 1.53. The summed E-state index contributed by atoms with van der Waals surface area (Å²) in [5.74, 6) is -1.59. The average molecular weight is 381 g/mol. The number of benzene rings is 1. The molecule has 136 valence electrons. The lowest BCUT2D eigenvalue weighted by atomic mass is 10.2. The van der Waals surface area contributed by atoms with Crippen molar-refractivity contribution in [2.75, 3.05) is 5.32 Å². The van der Waals surface area contributed by atoms with Crippen LogP contribution in [0.2, 0.25) is 5.02 Å². The van der Waals surface area contributed by atoms with E-state index in [2.05, 4.69) is 10.4 Å². The number of rotatable bonds is 5. The predicted molar refractivity (Wildman–Crippen MR) is 91.1 cm³/mol. The lowest BCUT2D eigenvalue weighted by molar-refractivity contribution is -0.384. The van der Waals surface area contributed by atoms with Gasteiger partial charge in [0.2, 0.25) is 0 Å². The Balaban J connectivity index is 2.05. The Bertz CT molecular complexity index is 942. The summed E-state index contributed by atoms with van der Waals surface area (Å²) in [6, 6.07) is 5.85. The molecule has 1 atom stereocenters. The van der Waals surface area contributed by atoms with Crippen molar-refractivity contribution in [1.29, 1.82) is 0 Å². The normalized spacial score (nSPS) is 11.5.